The van der Waals surface area contributed by atoms with Gasteiger partial charge in [0.05, 0.1) is 13.2 Å². The van der Waals surface area contributed by atoms with Crippen molar-refractivity contribution in [2.24, 2.45) is 5.92 Å². The molecule has 0 bridgehead atoms. The fourth-order valence-electron chi connectivity index (χ4n) is 3.19. The minimum Gasteiger partial charge on any atom is -0.378 e. The van der Waals surface area contributed by atoms with Gasteiger partial charge in [-0.2, -0.15) is 0 Å². The summed E-state index contributed by atoms with van der Waals surface area (Å²) in [4.78, 5) is 2.49. The third-order valence-corrected chi connectivity index (χ3v) is 4.31. The molecule has 1 aromatic carbocycles. The predicted octanol–water partition coefficient (Wildman–Crippen LogP) is 2.07. The molecule has 0 aliphatic carbocycles. The lowest BCUT2D eigenvalue weighted by Crippen LogP contribution is -2.37. The molecule has 2 saturated heterocycles. The smallest absolute Gasteiger partial charge is 0.0642 e. The fraction of sp³-hybridized carbons (Fsp3) is 0.625. The third kappa shape index (κ3) is 3.28. The molecule has 1 aromatic rings. The molecule has 2 heterocycles. The Morgan fingerprint density at radius 2 is 1.84 bits per heavy atom. The van der Waals surface area contributed by atoms with Gasteiger partial charge in [0, 0.05) is 18.8 Å². The Labute approximate surface area is 115 Å². The maximum Gasteiger partial charge on any atom is 0.0642 e. The van der Waals surface area contributed by atoms with Crippen LogP contribution in [0.5, 0.6) is 0 Å². The van der Waals surface area contributed by atoms with Crippen molar-refractivity contribution in [1.29, 1.82) is 0 Å². The zero-order valence-corrected chi connectivity index (χ0v) is 11.6. The minimum absolute atomic E-state index is 0.850. The van der Waals surface area contributed by atoms with Crippen LogP contribution in [0.15, 0.2) is 24.3 Å². The molecule has 3 nitrogen and oxygen atoms in total. The van der Waals surface area contributed by atoms with Crippen molar-refractivity contribution >= 4 is 5.69 Å². The quantitative estimate of drug-likeness (QED) is 0.900. The van der Waals surface area contributed by atoms with Crippen LogP contribution in [0.1, 0.15) is 18.4 Å². The number of rotatable bonds is 3. The van der Waals surface area contributed by atoms with Crippen LogP contribution in [-0.2, 0) is 11.2 Å². The van der Waals surface area contributed by atoms with E-state index in [-0.39, 0.29) is 0 Å². The normalized spacial score (nSPS) is 21.6. The molecule has 3 heteroatoms. The van der Waals surface area contributed by atoms with Crippen molar-refractivity contribution in [2.45, 2.75) is 19.3 Å². The first-order valence-corrected chi connectivity index (χ1v) is 7.55. The van der Waals surface area contributed by atoms with E-state index in [1.54, 1.807) is 0 Å². The monoisotopic (exact) mass is 260 g/mol. The number of nitrogens with one attached hydrogen (secondary N) is 1. The molecule has 2 aliphatic heterocycles. The maximum atomic E-state index is 5.46. The lowest BCUT2D eigenvalue weighted by atomic mass is 9.90. The predicted molar refractivity (Wildman–Crippen MR) is 78.8 cm³/mol. The van der Waals surface area contributed by atoms with E-state index in [9.17, 15) is 0 Å². The van der Waals surface area contributed by atoms with Gasteiger partial charge in [0.2, 0.25) is 0 Å². The number of nitrogens with zero attached hydrogens (tertiary/aromatic N) is 1. The zero-order chi connectivity index (χ0) is 12.9. The van der Waals surface area contributed by atoms with Crippen LogP contribution in [0.25, 0.3) is 0 Å². The molecule has 0 spiro atoms. The molecular formula is C16H24N2O. The van der Waals surface area contributed by atoms with Gasteiger partial charge in [0.25, 0.3) is 0 Å². The molecule has 1 N–H and O–H groups in total. The van der Waals surface area contributed by atoms with Gasteiger partial charge in [-0.05, 0) is 49.9 Å². The second-order valence-electron chi connectivity index (χ2n) is 5.63. The molecule has 19 heavy (non-hydrogen) atoms. The number of anilines is 1. The average molecular weight is 260 g/mol. The van der Waals surface area contributed by atoms with Crippen molar-refractivity contribution in [1.82, 2.24) is 5.32 Å². The summed E-state index contributed by atoms with van der Waals surface area (Å²) >= 11 is 0. The molecule has 0 amide bonds. The number of hydrogen-bond donors (Lipinski definition) is 1. The lowest BCUT2D eigenvalue weighted by Gasteiger charge is -2.32. The summed E-state index contributed by atoms with van der Waals surface area (Å²) in [7, 11) is 0. The van der Waals surface area contributed by atoms with Gasteiger partial charge in [0.15, 0.2) is 0 Å². The van der Waals surface area contributed by atoms with Gasteiger partial charge in [-0.1, -0.05) is 18.2 Å². The van der Waals surface area contributed by atoms with E-state index in [2.05, 4.69) is 34.5 Å². The van der Waals surface area contributed by atoms with Crippen molar-refractivity contribution in [2.75, 3.05) is 44.3 Å². The SMILES string of the molecule is c1ccc(N2CCOCC2)c(CC2CCNCC2)c1. The summed E-state index contributed by atoms with van der Waals surface area (Å²) in [6, 6.07) is 8.94. The van der Waals surface area contributed by atoms with Crippen LogP contribution in [0.4, 0.5) is 5.69 Å². The van der Waals surface area contributed by atoms with E-state index in [0.717, 1.165) is 32.2 Å². The van der Waals surface area contributed by atoms with Crippen molar-refractivity contribution in [3.63, 3.8) is 0 Å². The number of para-hydroxylation sites is 1. The van der Waals surface area contributed by atoms with Crippen LogP contribution in [0, 0.1) is 5.92 Å². The molecule has 0 aromatic heterocycles. The molecule has 0 unspecified atom stereocenters. The summed E-state index contributed by atoms with van der Waals surface area (Å²) in [5.41, 5.74) is 2.96. The molecule has 0 saturated carbocycles. The Kier molecular flexibility index (Phi) is 4.36. The Morgan fingerprint density at radius 3 is 2.63 bits per heavy atom. The summed E-state index contributed by atoms with van der Waals surface area (Å²) in [6.45, 7) is 6.16. The topological polar surface area (TPSA) is 24.5 Å². The second kappa shape index (κ2) is 6.40. The van der Waals surface area contributed by atoms with E-state index in [0.29, 0.717) is 0 Å². The molecule has 2 fully saturated rings. The van der Waals surface area contributed by atoms with Gasteiger partial charge < -0.3 is 15.0 Å². The highest BCUT2D eigenvalue weighted by atomic mass is 16.5. The lowest BCUT2D eigenvalue weighted by molar-refractivity contribution is 0.122. The van der Waals surface area contributed by atoms with Gasteiger partial charge in [-0.25, -0.2) is 0 Å². The van der Waals surface area contributed by atoms with E-state index >= 15 is 0 Å². The van der Waals surface area contributed by atoms with Crippen LogP contribution in [0.2, 0.25) is 0 Å². The highest BCUT2D eigenvalue weighted by molar-refractivity contribution is 5.54. The fourth-order valence-corrected chi connectivity index (χ4v) is 3.19. The Balaban J connectivity index is 1.72. The van der Waals surface area contributed by atoms with Gasteiger partial charge in [0.1, 0.15) is 0 Å². The third-order valence-electron chi connectivity index (χ3n) is 4.31. The zero-order valence-electron chi connectivity index (χ0n) is 11.6. The minimum atomic E-state index is 0.850. The molecule has 3 rings (SSSR count). The highest BCUT2D eigenvalue weighted by Gasteiger charge is 2.18. The number of piperidine rings is 1. The number of morpholine rings is 1. The van der Waals surface area contributed by atoms with Crippen molar-refractivity contribution in [3.05, 3.63) is 29.8 Å². The molecular weight excluding hydrogens is 236 g/mol. The molecule has 2 aliphatic rings. The molecule has 0 radical (unpaired) electrons. The summed E-state index contributed by atoms with van der Waals surface area (Å²) in [5.74, 6) is 0.850. The van der Waals surface area contributed by atoms with E-state index in [1.807, 2.05) is 0 Å². The first kappa shape index (κ1) is 12.9. The first-order valence-electron chi connectivity index (χ1n) is 7.55. The largest absolute Gasteiger partial charge is 0.378 e. The van der Waals surface area contributed by atoms with Gasteiger partial charge in [-0.3, -0.25) is 0 Å². The summed E-state index contributed by atoms with van der Waals surface area (Å²) in [5, 5.41) is 3.45. The van der Waals surface area contributed by atoms with Crippen LogP contribution in [0.3, 0.4) is 0 Å². The number of benzene rings is 1. The maximum absolute atomic E-state index is 5.46. The van der Waals surface area contributed by atoms with E-state index < -0.39 is 0 Å². The Hall–Kier alpha value is -1.06. The number of ether oxygens (including phenoxy) is 1. The standard InChI is InChI=1S/C16H24N2O/c1-2-4-16(18-9-11-19-12-10-18)15(3-1)13-14-5-7-17-8-6-14/h1-4,14,17H,5-13H2. The van der Waals surface area contributed by atoms with E-state index in [4.69, 9.17) is 4.74 Å². The Morgan fingerprint density at radius 1 is 1.11 bits per heavy atom. The van der Waals surface area contributed by atoms with E-state index in [1.165, 1.54) is 43.6 Å². The van der Waals surface area contributed by atoms with Gasteiger partial charge >= 0.3 is 0 Å². The van der Waals surface area contributed by atoms with Crippen molar-refractivity contribution in [3.8, 4) is 0 Å². The molecule has 104 valence electrons. The van der Waals surface area contributed by atoms with Gasteiger partial charge in [-0.15, -0.1) is 0 Å². The second-order valence-corrected chi connectivity index (χ2v) is 5.63. The van der Waals surface area contributed by atoms with Crippen LogP contribution < -0.4 is 10.2 Å². The van der Waals surface area contributed by atoms with Crippen LogP contribution in [-0.4, -0.2) is 39.4 Å². The first-order chi connectivity index (χ1) is 9.43. The summed E-state index contributed by atoms with van der Waals surface area (Å²) < 4.78 is 5.46. The number of hydrogen-bond acceptors (Lipinski definition) is 3. The van der Waals surface area contributed by atoms with Crippen LogP contribution >= 0.6 is 0 Å². The Bertz CT molecular complexity index is 395. The highest BCUT2D eigenvalue weighted by Crippen LogP contribution is 2.26. The van der Waals surface area contributed by atoms with Crippen molar-refractivity contribution < 1.29 is 4.74 Å². The average Bonchev–Trinajstić information content (AvgIpc) is 2.50. The molecule has 0 atom stereocenters. The summed E-state index contributed by atoms with van der Waals surface area (Å²) in [6.07, 6.45) is 3.87.